The standard InChI is InChI=1S/C70H74N2O6/c1-65(2,3)40-24-29-54(70(16,17)18)55(36-40)71-63(73)52-37-56(77-46-32-41(66(4,5)6)30-42(33-46)67(7,8)9)60-50-21-19-20-49-48(39-22-25-45(26-23-39)72(75)76)27-28-51(58(49)50)61-57(38-53(64(71)74)59(52)62(60)61)78-47-34-43(68(10,11)12)31-44(35-47)69(13,14)15/h19-38H,1-18H3. The molecule has 0 saturated heterocycles. The fraction of sp³-hybridized carbons (Fsp3) is 0.343. The average Bonchev–Trinajstić information content (AvgIpc) is 2.77. The number of benzene rings is 9. The SMILES string of the molecule is CC(C)(C)c1cc(Oc2cc3c4c(cc(Oc5cc(C(C)(C)C)cc(C(C)(C)C)c5)c5c6ccc(-c7ccc([N+](=O)[O-])cc7)c7cccc(c2c45)c76)C(=O)N(c2cc(C(C)(C)C)ccc2C(C)(C)C)C3=O)cc(C(C)(C)C)c1. The number of carbonyl (C=O) groups excluding carboxylic acids is 2. The van der Waals surface area contributed by atoms with Crippen molar-refractivity contribution in [1.29, 1.82) is 0 Å². The molecule has 8 heteroatoms. The fourth-order valence-corrected chi connectivity index (χ4v) is 11.1. The molecule has 0 fully saturated rings. The summed E-state index contributed by atoms with van der Waals surface area (Å²) in [5, 5.41) is 18.1. The van der Waals surface area contributed by atoms with Crippen molar-refractivity contribution in [1.82, 2.24) is 0 Å². The highest BCUT2D eigenvalue weighted by Gasteiger charge is 2.41. The molecule has 2 amide bonds. The Bertz CT molecular complexity index is 3750. The molecular weight excluding hydrogens is 965 g/mol. The van der Waals surface area contributed by atoms with Crippen molar-refractivity contribution in [3.05, 3.63) is 176 Å². The van der Waals surface area contributed by atoms with Gasteiger partial charge >= 0.3 is 0 Å². The highest BCUT2D eigenvalue weighted by Crippen LogP contribution is 2.54. The number of imide groups is 1. The third kappa shape index (κ3) is 9.35. The van der Waals surface area contributed by atoms with Gasteiger partial charge in [0.15, 0.2) is 0 Å². The van der Waals surface area contributed by atoms with Gasteiger partial charge in [-0.05, 0) is 153 Å². The monoisotopic (exact) mass is 1040 g/mol. The minimum Gasteiger partial charge on any atom is -0.457 e. The van der Waals surface area contributed by atoms with E-state index in [0.29, 0.717) is 50.6 Å². The van der Waals surface area contributed by atoms with Crippen LogP contribution in [0.3, 0.4) is 0 Å². The predicted octanol–water partition coefficient (Wildman–Crippen LogP) is 19.5. The van der Waals surface area contributed by atoms with Crippen LogP contribution in [-0.4, -0.2) is 16.7 Å². The Morgan fingerprint density at radius 3 is 1.26 bits per heavy atom. The summed E-state index contributed by atoms with van der Waals surface area (Å²) in [6, 6.07) is 39.9. The summed E-state index contributed by atoms with van der Waals surface area (Å²) in [5.41, 5.74) is 7.59. The van der Waals surface area contributed by atoms with E-state index in [1.807, 2.05) is 24.3 Å². The molecule has 0 atom stereocenters. The average molecular weight is 1040 g/mol. The van der Waals surface area contributed by atoms with Gasteiger partial charge < -0.3 is 9.47 Å². The number of nitrogens with zero attached hydrogens (tertiary/aromatic N) is 2. The maximum atomic E-state index is 16.1. The first-order chi connectivity index (χ1) is 36.1. The van der Waals surface area contributed by atoms with E-state index in [0.717, 1.165) is 76.8 Å². The zero-order valence-corrected chi connectivity index (χ0v) is 48.9. The highest BCUT2D eigenvalue weighted by atomic mass is 16.6. The van der Waals surface area contributed by atoms with Crippen LogP contribution in [0, 0.1) is 10.1 Å². The van der Waals surface area contributed by atoms with E-state index < -0.39 is 17.2 Å². The van der Waals surface area contributed by atoms with E-state index in [4.69, 9.17) is 9.47 Å². The molecule has 0 radical (unpaired) electrons. The van der Waals surface area contributed by atoms with Crippen LogP contribution in [0.4, 0.5) is 11.4 Å². The molecule has 9 aromatic rings. The lowest BCUT2D eigenvalue weighted by atomic mass is 9.79. The van der Waals surface area contributed by atoms with Crippen LogP contribution in [0.2, 0.25) is 0 Å². The molecule has 1 aliphatic rings. The molecule has 1 aliphatic heterocycles. The molecule has 0 saturated carbocycles. The van der Waals surface area contributed by atoms with Crippen LogP contribution in [0.1, 0.15) is 179 Å². The summed E-state index contributed by atoms with van der Waals surface area (Å²) in [6.45, 7) is 39.1. The molecule has 1 heterocycles. The quantitative estimate of drug-likeness (QED) is 0.0518. The Morgan fingerprint density at radius 2 is 0.833 bits per heavy atom. The van der Waals surface area contributed by atoms with E-state index in [-0.39, 0.29) is 37.7 Å². The normalized spacial score (nSPS) is 13.9. The van der Waals surface area contributed by atoms with Gasteiger partial charge in [-0.2, -0.15) is 0 Å². The minimum absolute atomic E-state index is 0.00760. The molecular formula is C70H74N2O6. The summed E-state index contributed by atoms with van der Waals surface area (Å²) in [4.78, 5) is 45.0. The second-order valence-electron chi connectivity index (χ2n) is 27.9. The van der Waals surface area contributed by atoms with E-state index in [1.54, 1.807) is 12.1 Å². The molecule has 0 N–H and O–H groups in total. The molecule has 78 heavy (non-hydrogen) atoms. The van der Waals surface area contributed by atoms with Crippen molar-refractivity contribution in [2.24, 2.45) is 0 Å². The largest absolute Gasteiger partial charge is 0.457 e. The van der Waals surface area contributed by atoms with Crippen LogP contribution in [0.15, 0.2) is 121 Å². The maximum absolute atomic E-state index is 16.1. The van der Waals surface area contributed by atoms with Crippen molar-refractivity contribution >= 4 is 66.3 Å². The highest BCUT2D eigenvalue weighted by molar-refractivity contribution is 6.44. The molecule has 9 aromatic carbocycles. The minimum atomic E-state index is -0.444. The van der Waals surface area contributed by atoms with Crippen LogP contribution >= 0.6 is 0 Å². The van der Waals surface area contributed by atoms with E-state index in [2.05, 4.69) is 197 Å². The number of ether oxygens (including phenoxy) is 2. The second-order valence-corrected chi connectivity index (χ2v) is 27.9. The van der Waals surface area contributed by atoms with Crippen molar-refractivity contribution in [3.63, 3.8) is 0 Å². The first-order valence-corrected chi connectivity index (χ1v) is 27.3. The molecule has 0 aromatic heterocycles. The number of non-ortho nitro benzene ring substituents is 1. The lowest BCUT2D eigenvalue weighted by Gasteiger charge is -2.34. The molecule has 8 nitrogen and oxygen atoms in total. The third-order valence-electron chi connectivity index (χ3n) is 15.8. The van der Waals surface area contributed by atoms with Crippen LogP contribution in [0.25, 0.3) is 54.2 Å². The van der Waals surface area contributed by atoms with Gasteiger partial charge in [0.2, 0.25) is 0 Å². The summed E-state index contributed by atoms with van der Waals surface area (Å²) in [7, 11) is 0. The van der Waals surface area contributed by atoms with Crippen LogP contribution in [-0.2, 0) is 32.5 Å². The van der Waals surface area contributed by atoms with Gasteiger partial charge in [0.25, 0.3) is 17.5 Å². The first-order valence-electron chi connectivity index (χ1n) is 27.3. The number of hydrogen-bond acceptors (Lipinski definition) is 6. The topological polar surface area (TPSA) is 99.0 Å². The number of nitro groups is 1. The van der Waals surface area contributed by atoms with E-state index >= 15 is 9.59 Å². The van der Waals surface area contributed by atoms with Crippen molar-refractivity contribution in [2.75, 3.05) is 4.90 Å². The van der Waals surface area contributed by atoms with E-state index in [9.17, 15) is 10.1 Å². The summed E-state index contributed by atoms with van der Waals surface area (Å²) in [6.07, 6.45) is 0. The van der Waals surface area contributed by atoms with Crippen molar-refractivity contribution in [3.8, 4) is 34.1 Å². The Morgan fingerprint density at radius 1 is 0.397 bits per heavy atom. The predicted molar refractivity (Wildman–Crippen MR) is 323 cm³/mol. The second kappa shape index (κ2) is 18.0. The molecule has 0 spiro atoms. The van der Waals surface area contributed by atoms with Crippen LogP contribution < -0.4 is 14.4 Å². The Kier molecular flexibility index (Phi) is 12.4. The lowest BCUT2D eigenvalue weighted by Crippen LogP contribution is -2.42. The zero-order chi connectivity index (χ0) is 56.7. The van der Waals surface area contributed by atoms with Gasteiger partial charge in [0.05, 0.1) is 21.7 Å². The van der Waals surface area contributed by atoms with Gasteiger partial charge in [-0.15, -0.1) is 0 Å². The summed E-state index contributed by atoms with van der Waals surface area (Å²) < 4.78 is 14.9. The number of rotatable bonds is 7. The summed E-state index contributed by atoms with van der Waals surface area (Å²) in [5.74, 6) is 1.28. The number of hydrogen-bond donors (Lipinski definition) is 0. The maximum Gasteiger partial charge on any atom is 0.269 e. The first kappa shape index (κ1) is 53.8. The molecule has 0 unspecified atom stereocenters. The number of amides is 2. The lowest BCUT2D eigenvalue weighted by molar-refractivity contribution is -0.384. The van der Waals surface area contributed by atoms with Gasteiger partial charge in [-0.25, -0.2) is 4.90 Å². The fourth-order valence-electron chi connectivity index (χ4n) is 11.1. The number of nitro benzene ring substituents is 1. The van der Waals surface area contributed by atoms with Crippen molar-refractivity contribution in [2.45, 2.75) is 157 Å². The molecule has 0 aliphatic carbocycles. The Hall–Kier alpha value is -7.58. The van der Waals surface area contributed by atoms with E-state index in [1.165, 1.54) is 17.0 Å². The zero-order valence-electron chi connectivity index (χ0n) is 48.9. The van der Waals surface area contributed by atoms with Crippen LogP contribution in [0.5, 0.6) is 23.0 Å². The molecule has 0 bridgehead atoms. The molecule has 400 valence electrons. The Labute approximate surface area is 460 Å². The third-order valence-corrected chi connectivity index (χ3v) is 15.8. The number of carbonyl (C=O) groups is 2. The van der Waals surface area contributed by atoms with Gasteiger partial charge in [-0.1, -0.05) is 179 Å². The smallest absolute Gasteiger partial charge is 0.269 e. The number of fused-ring (bicyclic) bond motifs is 2. The van der Waals surface area contributed by atoms with Gasteiger partial charge in [-0.3, -0.25) is 19.7 Å². The Balaban J connectivity index is 1.39. The summed E-state index contributed by atoms with van der Waals surface area (Å²) >= 11 is 0. The van der Waals surface area contributed by atoms with Gasteiger partial charge in [0, 0.05) is 33.7 Å². The molecule has 10 rings (SSSR count). The van der Waals surface area contributed by atoms with Crippen molar-refractivity contribution < 1.29 is 24.0 Å². The van der Waals surface area contributed by atoms with Gasteiger partial charge in [0.1, 0.15) is 23.0 Å². The number of anilines is 1.